The van der Waals surface area contributed by atoms with Gasteiger partial charge in [0, 0.05) is 25.3 Å². The molecule has 2 heterocycles. The van der Waals surface area contributed by atoms with Gasteiger partial charge in [-0.3, -0.25) is 4.68 Å². The predicted molar refractivity (Wildman–Crippen MR) is 74.7 cm³/mol. The second kappa shape index (κ2) is 5.17. The number of hydrogen-bond acceptors (Lipinski definition) is 4. The Kier molecular flexibility index (Phi) is 3.75. The molecule has 0 aliphatic carbocycles. The van der Waals surface area contributed by atoms with Crippen LogP contribution >= 0.6 is 0 Å². The smallest absolute Gasteiger partial charge is 0.181 e. The summed E-state index contributed by atoms with van der Waals surface area (Å²) < 4.78 is 7.38. The lowest BCUT2D eigenvalue weighted by atomic mass is 10.1. The number of oxazole rings is 1. The van der Waals surface area contributed by atoms with Gasteiger partial charge in [-0.15, -0.1) is 0 Å². The summed E-state index contributed by atoms with van der Waals surface area (Å²) in [6.07, 6.45) is 4.37. The first-order valence-electron chi connectivity index (χ1n) is 6.61. The van der Waals surface area contributed by atoms with Gasteiger partial charge in [-0.05, 0) is 27.2 Å². The number of hydrogen-bond donors (Lipinski definition) is 1. The van der Waals surface area contributed by atoms with Crippen LogP contribution in [0.1, 0.15) is 39.1 Å². The molecule has 0 radical (unpaired) electrons. The van der Waals surface area contributed by atoms with Crippen molar-refractivity contribution in [2.75, 3.05) is 0 Å². The van der Waals surface area contributed by atoms with Crippen molar-refractivity contribution < 1.29 is 4.42 Å². The number of aromatic nitrogens is 3. The Labute approximate surface area is 114 Å². The normalized spacial score (nSPS) is 12.1. The molecule has 2 aromatic rings. The van der Waals surface area contributed by atoms with E-state index in [1.807, 2.05) is 17.9 Å². The van der Waals surface area contributed by atoms with Crippen LogP contribution in [-0.2, 0) is 20.0 Å². The van der Waals surface area contributed by atoms with Crippen molar-refractivity contribution in [3.63, 3.8) is 0 Å². The maximum atomic E-state index is 5.57. The van der Waals surface area contributed by atoms with E-state index in [1.165, 1.54) is 6.39 Å². The number of rotatable bonds is 4. The molecule has 104 valence electrons. The van der Waals surface area contributed by atoms with Crippen molar-refractivity contribution in [2.24, 2.45) is 7.05 Å². The van der Waals surface area contributed by atoms with Gasteiger partial charge < -0.3 is 9.73 Å². The zero-order chi connectivity index (χ0) is 14.0. The van der Waals surface area contributed by atoms with Crippen molar-refractivity contribution in [1.82, 2.24) is 20.1 Å². The van der Waals surface area contributed by atoms with Gasteiger partial charge in [0.2, 0.25) is 0 Å². The molecule has 0 amide bonds. The van der Waals surface area contributed by atoms with Crippen molar-refractivity contribution in [3.05, 3.63) is 24.0 Å². The quantitative estimate of drug-likeness (QED) is 0.920. The van der Waals surface area contributed by atoms with E-state index >= 15 is 0 Å². The molecule has 0 saturated carbocycles. The minimum atomic E-state index is 0.0543. The summed E-state index contributed by atoms with van der Waals surface area (Å²) in [5, 5.41) is 7.87. The van der Waals surface area contributed by atoms with Crippen LogP contribution in [0.5, 0.6) is 0 Å². The molecule has 0 fully saturated rings. The molecule has 0 bridgehead atoms. The van der Waals surface area contributed by atoms with Gasteiger partial charge >= 0.3 is 0 Å². The first kappa shape index (κ1) is 13.8. The van der Waals surface area contributed by atoms with E-state index in [-0.39, 0.29) is 5.54 Å². The molecule has 2 rings (SSSR count). The lowest BCUT2D eigenvalue weighted by molar-refractivity contribution is 0.421. The van der Waals surface area contributed by atoms with E-state index in [1.54, 1.807) is 0 Å². The van der Waals surface area contributed by atoms with Gasteiger partial charge in [0.15, 0.2) is 12.2 Å². The van der Waals surface area contributed by atoms with Crippen molar-refractivity contribution in [2.45, 2.75) is 46.2 Å². The Morgan fingerprint density at radius 1 is 1.32 bits per heavy atom. The molecule has 0 saturated heterocycles. The Balaban J connectivity index is 2.28. The fourth-order valence-electron chi connectivity index (χ4n) is 1.95. The van der Waals surface area contributed by atoms with Crippen LogP contribution in [0.25, 0.3) is 11.3 Å². The third kappa shape index (κ3) is 3.23. The molecule has 5 nitrogen and oxygen atoms in total. The zero-order valence-electron chi connectivity index (χ0n) is 12.3. The molecule has 0 aliphatic rings. The summed E-state index contributed by atoms with van der Waals surface area (Å²) in [5.74, 6) is 0.821. The second-order valence-corrected chi connectivity index (χ2v) is 5.75. The van der Waals surface area contributed by atoms with Gasteiger partial charge in [-0.25, -0.2) is 4.98 Å². The molecular formula is C14H22N4O. The molecule has 5 heteroatoms. The number of aryl methyl sites for hydroxylation is 2. The fraction of sp³-hybridized carbons (Fsp3) is 0.571. The van der Waals surface area contributed by atoms with E-state index in [0.29, 0.717) is 6.54 Å². The number of nitrogens with zero attached hydrogens (tertiary/aromatic N) is 3. The topological polar surface area (TPSA) is 55.9 Å². The Morgan fingerprint density at radius 3 is 2.68 bits per heavy atom. The average Bonchev–Trinajstić information content (AvgIpc) is 2.90. The molecule has 2 aromatic heterocycles. The molecule has 0 aromatic carbocycles. The molecule has 0 aliphatic heterocycles. The average molecular weight is 262 g/mol. The first-order chi connectivity index (χ1) is 8.90. The molecule has 1 N–H and O–H groups in total. The van der Waals surface area contributed by atoms with E-state index in [2.05, 4.69) is 43.1 Å². The van der Waals surface area contributed by atoms with Gasteiger partial charge in [-0.2, -0.15) is 5.10 Å². The number of nitrogens with one attached hydrogen (secondary N) is 1. The second-order valence-electron chi connectivity index (χ2n) is 5.75. The minimum absolute atomic E-state index is 0.0543. The summed E-state index contributed by atoms with van der Waals surface area (Å²) in [6.45, 7) is 9.18. The van der Waals surface area contributed by atoms with Gasteiger partial charge in [0.05, 0.1) is 11.3 Å². The maximum Gasteiger partial charge on any atom is 0.181 e. The Bertz CT molecular complexity index is 548. The van der Waals surface area contributed by atoms with Crippen LogP contribution in [0.4, 0.5) is 0 Å². The maximum absolute atomic E-state index is 5.57. The van der Waals surface area contributed by atoms with Crippen molar-refractivity contribution in [3.8, 4) is 11.3 Å². The highest BCUT2D eigenvalue weighted by molar-refractivity contribution is 5.61. The van der Waals surface area contributed by atoms with Crippen LogP contribution in [0.15, 0.2) is 17.0 Å². The standard InChI is InChI=1S/C14H22N4O/c1-6-11-10(8-18(5)17-11)13-12(15-9-19-13)7-16-14(2,3)4/h8-9,16H,6-7H2,1-5H3. The summed E-state index contributed by atoms with van der Waals surface area (Å²) in [5.41, 5.74) is 3.06. The summed E-state index contributed by atoms with van der Waals surface area (Å²) in [6, 6.07) is 0. The van der Waals surface area contributed by atoms with Crippen LogP contribution in [0.2, 0.25) is 0 Å². The highest BCUT2D eigenvalue weighted by Crippen LogP contribution is 2.26. The monoisotopic (exact) mass is 262 g/mol. The van der Waals surface area contributed by atoms with E-state index in [0.717, 1.165) is 29.1 Å². The van der Waals surface area contributed by atoms with Gasteiger partial charge in [-0.1, -0.05) is 6.92 Å². The van der Waals surface area contributed by atoms with Crippen LogP contribution in [-0.4, -0.2) is 20.3 Å². The Morgan fingerprint density at radius 2 is 2.05 bits per heavy atom. The van der Waals surface area contributed by atoms with Gasteiger partial charge in [0.25, 0.3) is 0 Å². The Hall–Kier alpha value is -1.62. The minimum Gasteiger partial charge on any atom is -0.443 e. The third-order valence-electron chi connectivity index (χ3n) is 2.91. The van der Waals surface area contributed by atoms with Crippen molar-refractivity contribution >= 4 is 0 Å². The highest BCUT2D eigenvalue weighted by Gasteiger charge is 2.18. The fourth-order valence-corrected chi connectivity index (χ4v) is 1.95. The SMILES string of the molecule is CCc1nn(C)cc1-c1ocnc1CNC(C)(C)C. The van der Waals surface area contributed by atoms with Crippen LogP contribution in [0.3, 0.4) is 0 Å². The van der Waals surface area contributed by atoms with Crippen molar-refractivity contribution in [1.29, 1.82) is 0 Å². The summed E-state index contributed by atoms with van der Waals surface area (Å²) in [4.78, 5) is 4.31. The lowest BCUT2D eigenvalue weighted by Crippen LogP contribution is -2.35. The van der Waals surface area contributed by atoms with Crippen LogP contribution in [0, 0.1) is 0 Å². The van der Waals surface area contributed by atoms with Gasteiger partial charge in [0.1, 0.15) is 5.69 Å². The molecule has 0 atom stereocenters. The first-order valence-corrected chi connectivity index (χ1v) is 6.61. The summed E-state index contributed by atoms with van der Waals surface area (Å²) >= 11 is 0. The molecule has 19 heavy (non-hydrogen) atoms. The molecular weight excluding hydrogens is 240 g/mol. The van der Waals surface area contributed by atoms with E-state index in [9.17, 15) is 0 Å². The predicted octanol–water partition coefficient (Wildman–Crippen LogP) is 2.53. The molecule has 0 spiro atoms. The largest absolute Gasteiger partial charge is 0.443 e. The van der Waals surface area contributed by atoms with Crippen LogP contribution < -0.4 is 5.32 Å². The third-order valence-corrected chi connectivity index (χ3v) is 2.91. The lowest BCUT2D eigenvalue weighted by Gasteiger charge is -2.19. The molecule has 0 unspecified atom stereocenters. The summed E-state index contributed by atoms with van der Waals surface area (Å²) in [7, 11) is 1.92. The highest BCUT2D eigenvalue weighted by atomic mass is 16.3. The zero-order valence-corrected chi connectivity index (χ0v) is 12.3. The van der Waals surface area contributed by atoms with E-state index in [4.69, 9.17) is 4.42 Å². The van der Waals surface area contributed by atoms with E-state index < -0.39 is 0 Å².